The molecule has 0 amide bonds. The summed E-state index contributed by atoms with van der Waals surface area (Å²) >= 11 is 0. The van der Waals surface area contributed by atoms with Gasteiger partial charge in [-0.15, -0.1) is 0 Å². The van der Waals surface area contributed by atoms with Crippen molar-refractivity contribution in [2.45, 2.75) is 160 Å². The molecule has 7 nitrogen and oxygen atoms in total. The second-order valence-corrected chi connectivity index (χ2v) is 12.7. The Kier molecular flexibility index (Phi) is 15.6. The van der Waals surface area contributed by atoms with Crippen molar-refractivity contribution in [3.05, 3.63) is 24.3 Å². The molecule has 0 aromatic carbocycles. The fraction of sp³-hybridized carbons (Fsp3) is 0.857. The summed E-state index contributed by atoms with van der Waals surface area (Å²) in [5.41, 5.74) is 0. The van der Waals surface area contributed by atoms with E-state index >= 15 is 0 Å². The lowest BCUT2D eigenvalue weighted by Crippen LogP contribution is -2.31. The molecule has 4 fully saturated rings. The number of carbonyl (C=O) groups excluding carboxylic acids is 1. The van der Waals surface area contributed by atoms with Gasteiger partial charge in [0.25, 0.3) is 0 Å². The number of ether oxygens (including phenoxy) is 6. The molecule has 240 valence electrons. The van der Waals surface area contributed by atoms with Crippen LogP contribution in [0, 0.1) is 11.8 Å². The summed E-state index contributed by atoms with van der Waals surface area (Å²) < 4.78 is 38.0. The molecule has 0 aromatic rings. The van der Waals surface area contributed by atoms with Gasteiger partial charge in [0.15, 0.2) is 18.9 Å². The number of rotatable bonds is 17. The number of hydrogen-bond donors (Lipinski definition) is 0. The summed E-state index contributed by atoms with van der Waals surface area (Å²) in [6, 6.07) is 0. The molecule has 7 heteroatoms. The van der Waals surface area contributed by atoms with Gasteiger partial charge >= 0.3 is 0 Å². The van der Waals surface area contributed by atoms with E-state index in [1.807, 2.05) is 0 Å². The number of hydrogen-bond acceptors (Lipinski definition) is 7. The predicted octanol–water partition coefficient (Wildman–Crippen LogP) is 7.81. The van der Waals surface area contributed by atoms with Crippen LogP contribution in [0.3, 0.4) is 0 Å². The van der Waals surface area contributed by atoms with Gasteiger partial charge in [-0.05, 0) is 89.9 Å². The first kappa shape index (κ1) is 33.8. The van der Waals surface area contributed by atoms with Gasteiger partial charge in [-0.2, -0.15) is 0 Å². The molecular formula is C35H58O7. The van der Waals surface area contributed by atoms with Gasteiger partial charge in [0.2, 0.25) is 0 Å². The average molecular weight is 591 g/mol. The molecule has 1 saturated carbocycles. The Hall–Kier alpha value is -1.09. The number of Topliss-reactive ketones (excluding diaryl/α,β-unsaturated/α-hetero) is 1. The fourth-order valence-corrected chi connectivity index (χ4v) is 6.72. The SMILES string of the molecule is CCCCC[C@@H](C=C[C@@H]1[C@@H](CC=CCCC(C)=O)[C@@H](OC2CCCCO2)C[C@H]1OC1CCCCO1)OC1CCCCO1. The van der Waals surface area contributed by atoms with Crippen molar-refractivity contribution in [2.75, 3.05) is 19.8 Å². The minimum absolute atomic E-state index is 0.00998. The second-order valence-electron chi connectivity index (χ2n) is 12.7. The summed E-state index contributed by atoms with van der Waals surface area (Å²) in [6.07, 6.45) is 26.0. The largest absolute Gasteiger partial charge is 0.353 e. The van der Waals surface area contributed by atoms with E-state index in [1.54, 1.807) is 6.92 Å². The lowest BCUT2D eigenvalue weighted by atomic mass is 9.89. The minimum atomic E-state index is -0.150. The predicted molar refractivity (Wildman–Crippen MR) is 164 cm³/mol. The first-order valence-corrected chi connectivity index (χ1v) is 17.3. The summed E-state index contributed by atoms with van der Waals surface area (Å²) in [5, 5.41) is 0. The van der Waals surface area contributed by atoms with Gasteiger partial charge in [0, 0.05) is 38.6 Å². The molecule has 1 aliphatic carbocycles. The molecule has 0 bridgehead atoms. The first-order valence-electron chi connectivity index (χ1n) is 17.3. The van der Waals surface area contributed by atoms with Crippen molar-refractivity contribution >= 4 is 5.78 Å². The number of unbranched alkanes of at least 4 members (excludes halogenated alkanes) is 2. The molecule has 0 N–H and O–H groups in total. The normalized spacial score (nSPS) is 33.4. The molecule has 0 aromatic heterocycles. The van der Waals surface area contributed by atoms with Crippen LogP contribution in [0.5, 0.6) is 0 Å². The van der Waals surface area contributed by atoms with Gasteiger partial charge in [0.1, 0.15) is 5.78 Å². The molecule has 4 rings (SSSR count). The lowest BCUT2D eigenvalue weighted by Gasteiger charge is -2.30. The van der Waals surface area contributed by atoms with Crippen LogP contribution in [-0.2, 0) is 33.2 Å². The second kappa shape index (κ2) is 19.3. The van der Waals surface area contributed by atoms with E-state index in [2.05, 4.69) is 31.2 Å². The summed E-state index contributed by atoms with van der Waals surface area (Å²) in [4.78, 5) is 11.5. The van der Waals surface area contributed by atoms with Crippen molar-refractivity contribution in [1.29, 1.82) is 0 Å². The quantitative estimate of drug-likeness (QED) is 0.126. The summed E-state index contributed by atoms with van der Waals surface area (Å²) in [7, 11) is 0. The van der Waals surface area contributed by atoms with Crippen LogP contribution in [0.15, 0.2) is 24.3 Å². The van der Waals surface area contributed by atoms with Crippen LogP contribution >= 0.6 is 0 Å². The monoisotopic (exact) mass is 590 g/mol. The van der Waals surface area contributed by atoms with E-state index in [1.165, 1.54) is 12.8 Å². The maximum atomic E-state index is 11.5. The Morgan fingerprint density at radius 2 is 1.48 bits per heavy atom. The molecule has 3 aliphatic heterocycles. The fourth-order valence-electron chi connectivity index (χ4n) is 6.72. The molecule has 0 radical (unpaired) electrons. The molecule has 3 unspecified atom stereocenters. The van der Waals surface area contributed by atoms with Crippen LogP contribution in [-0.4, -0.2) is 62.8 Å². The van der Waals surface area contributed by atoms with E-state index in [4.69, 9.17) is 28.4 Å². The van der Waals surface area contributed by atoms with Crippen LogP contribution in [0.2, 0.25) is 0 Å². The van der Waals surface area contributed by atoms with E-state index in [0.29, 0.717) is 6.42 Å². The molecule has 4 aliphatic rings. The van der Waals surface area contributed by atoms with Gasteiger partial charge in [-0.25, -0.2) is 0 Å². The van der Waals surface area contributed by atoms with E-state index in [-0.39, 0.29) is 54.8 Å². The van der Waals surface area contributed by atoms with Crippen LogP contribution in [0.25, 0.3) is 0 Å². The van der Waals surface area contributed by atoms with E-state index in [0.717, 1.165) is 110 Å². The Labute approximate surface area is 255 Å². The Balaban J connectivity index is 1.52. The zero-order valence-corrected chi connectivity index (χ0v) is 26.4. The highest BCUT2D eigenvalue weighted by atomic mass is 16.7. The zero-order chi connectivity index (χ0) is 29.4. The third kappa shape index (κ3) is 11.8. The molecule has 42 heavy (non-hydrogen) atoms. The van der Waals surface area contributed by atoms with E-state index < -0.39 is 0 Å². The van der Waals surface area contributed by atoms with Gasteiger partial charge in [-0.1, -0.05) is 50.5 Å². The third-order valence-electron chi connectivity index (χ3n) is 9.14. The highest BCUT2D eigenvalue weighted by Crippen LogP contribution is 2.42. The lowest BCUT2D eigenvalue weighted by molar-refractivity contribution is -0.203. The maximum Gasteiger partial charge on any atom is 0.158 e. The van der Waals surface area contributed by atoms with Gasteiger partial charge < -0.3 is 33.2 Å². The summed E-state index contributed by atoms with van der Waals surface area (Å²) in [5.74, 6) is 0.649. The van der Waals surface area contributed by atoms with Crippen LogP contribution in [0.1, 0.15) is 123 Å². The Bertz CT molecular complexity index is 795. The molecule has 0 spiro atoms. The number of carbonyl (C=O) groups is 1. The highest BCUT2D eigenvalue weighted by Gasteiger charge is 2.45. The summed E-state index contributed by atoms with van der Waals surface area (Å²) in [6.45, 7) is 6.23. The molecule has 3 saturated heterocycles. The molecule has 8 atom stereocenters. The zero-order valence-electron chi connectivity index (χ0n) is 26.4. The average Bonchev–Trinajstić information content (AvgIpc) is 3.32. The van der Waals surface area contributed by atoms with Crippen molar-refractivity contribution in [3.8, 4) is 0 Å². The Morgan fingerprint density at radius 3 is 2.07 bits per heavy atom. The van der Waals surface area contributed by atoms with Crippen molar-refractivity contribution < 1.29 is 33.2 Å². The third-order valence-corrected chi connectivity index (χ3v) is 9.14. The number of allylic oxidation sites excluding steroid dienone is 2. The Morgan fingerprint density at radius 1 is 0.833 bits per heavy atom. The van der Waals surface area contributed by atoms with Crippen LogP contribution in [0.4, 0.5) is 0 Å². The standard InChI is InChI=1S/C35H58O7/c1-3-4-6-16-28(40-33-18-9-12-23-37-33)21-22-30-29(17-8-5-7-15-27(2)36)31(41-34-19-10-13-24-38-34)26-32(30)42-35-20-11-14-25-39-35/h5,8,21-22,28-35H,3-4,6-7,9-20,23-26H2,1-2H3/t28-,29+,30+,31-,32+,33?,34?,35?/m0/s1. The highest BCUT2D eigenvalue weighted by molar-refractivity contribution is 5.75. The molecule has 3 heterocycles. The number of ketones is 1. The minimum Gasteiger partial charge on any atom is -0.353 e. The van der Waals surface area contributed by atoms with Crippen molar-refractivity contribution in [2.24, 2.45) is 11.8 Å². The topological polar surface area (TPSA) is 72.5 Å². The molecular weight excluding hydrogens is 532 g/mol. The maximum absolute atomic E-state index is 11.5. The van der Waals surface area contributed by atoms with Crippen molar-refractivity contribution in [3.63, 3.8) is 0 Å². The van der Waals surface area contributed by atoms with Gasteiger partial charge in [0.05, 0.1) is 18.3 Å². The first-order chi connectivity index (χ1) is 20.6. The van der Waals surface area contributed by atoms with E-state index in [9.17, 15) is 4.79 Å². The van der Waals surface area contributed by atoms with Crippen molar-refractivity contribution in [1.82, 2.24) is 0 Å². The van der Waals surface area contributed by atoms with Crippen LogP contribution < -0.4 is 0 Å². The van der Waals surface area contributed by atoms with Gasteiger partial charge in [-0.3, -0.25) is 0 Å². The smallest absolute Gasteiger partial charge is 0.158 e.